The number of β-amino-alcohol motifs (C(OH)–C–C–N with tert-alkyl or cyclic N) is 1. The van der Waals surface area contributed by atoms with Gasteiger partial charge in [-0.2, -0.15) is 0 Å². The Morgan fingerprint density at radius 2 is 2.04 bits per heavy atom. The molecule has 2 amide bonds. The Bertz CT molecular complexity index is 859. The van der Waals surface area contributed by atoms with Crippen LogP contribution in [-0.2, 0) is 20.9 Å². The van der Waals surface area contributed by atoms with Crippen molar-refractivity contribution in [2.75, 3.05) is 32.1 Å². The van der Waals surface area contributed by atoms with Crippen LogP contribution in [0.25, 0.3) is 0 Å². The predicted octanol–water partition coefficient (Wildman–Crippen LogP) is 0.478. The topological polar surface area (TPSA) is 99.2 Å². The summed E-state index contributed by atoms with van der Waals surface area (Å²) < 4.78 is 4.78. The monoisotopic (exact) mass is 371 g/mol. The van der Waals surface area contributed by atoms with E-state index >= 15 is 0 Å². The van der Waals surface area contributed by atoms with Gasteiger partial charge in [0, 0.05) is 30.4 Å². The number of amides is 2. The largest absolute Gasteiger partial charge is 0.466 e. The molecule has 3 aliphatic rings. The number of esters is 1. The lowest BCUT2D eigenvalue weighted by Gasteiger charge is -2.15. The molecule has 1 saturated carbocycles. The van der Waals surface area contributed by atoms with Crippen LogP contribution in [0.1, 0.15) is 28.8 Å². The molecule has 2 aliphatic heterocycles. The fourth-order valence-corrected chi connectivity index (χ4v) is 3.60. The number of aliphatic hydroxyl groups is 1. The van der Waals surface area contributed by atoms with Crippen molar-refractivity contribution in [3.8, 4) is 0 Å². The summed E-state index contributed by atoms with van der Waals surface area (Å²) in [6.07, 6.45) is 2.10. The molecule has 0 aromatic heterocycles. The number of nitrogens with one attached hydrogen (secondary N) is 1. The second-order valence-corrected chi connectivity index (χ2v) is 6.96. The zero-order valence-electron chi connectivity index (χ0n) is 15.0. The number of carbonyl (C=O) groups excluding carboxylic acids is 3. The maximum Gasteiger partial charge on any atom is 0.337 e. The molecule has 1 aromatic carbocycles. The molecule has 0 bridgehead atoms. The number of hydrogen-bond donors (Lipinski definition) is 2. The normalized spacial score (nSPS) is 19.0. The Kier molecular flexibility index (Phi) is 4.35. The lowest BCUT2D eigenvalue weighted by molar-refractivity contribution is -0.136. The van der Waals surface area contributed by atoms with Crippen LogP contribution >= 0.6 is 0 Å². The first-order valence-corrected chi connectivity index (χ1v) is 8.96. The van der Waals surface area contributed by atoms with Crippen LogP contribution < -0.4 is 5.32 Å². The highest BCUT2D eigenvalue weighted by Crippen LogP contribution is 2.35. The quantitative estimate of drug-likeness (QED) is 0.706. The molecule has 142 valence electrons. The molecule has 1 aliphatic carbocycles. The van der Waals surface area contributed by atoms with Gasteiger partial charge < -0.3 is 25.0 Å². The molecule has 0 unspecified atom stereocenters. The van der Waals surface area contributed by atoms with Crippen molar-refractivity contribution in [1.82, 2.24) is 9.80 Å². The van der Waals surface area contributed by atoms with Crippen molar-refractivity contribution in [2.24, 2.45) is 0 Å². The number of ether oxygens (including phenoxy) is 1. The van der Waals surface area contributed by atoms with Crippen molar-refractivity contribution in [2.45, 2.75) is 25.4 Å². The molecule has 8 heteroatoms. The third-order valence-electron chi connectivity index (χ3n) is 5.15. The van der Waals surface area contributed by atoms with E-state index in [1.807, 2.05) is 11.0 Å². The van der Waals surface area contributed by atoms with Gasteiger partial charge >= 0.3 is 5.97 Å². The fourth-order valence-electron chi connectivity index (χ4n) is 3.60. The predicted molar refractivity (Wildman–Crippen MR) is 95.7 cm³/mol. The van der Waals surface area contributed by atoms with Crippen LogP contribution in [0.5, 0.6) is 0 Å². The van der Waals surface area contributed by atoms with Crippen LogP contribution in [0.3, 0.4) is 0 Å². The smallest absolute Gasteiger partial charge is 0.337 e. The van der Waals surface area contributed by atoms with Crippen LogP contribution in [0, 0.1) is 0 Å². The number of methoxy groups -OCH3 is 1. The van der Waals surface area contributed by atoms with Crippen LogP contribution in [-0.4, -0.2) is 65.5 Å². The molecule has 1 aromatic rings. The van der Waals surface area contributed by atoms with E-state index in [2.05, 4.69) is 5.32 Å². The molecule has 2 heterocycles. The van der Waals surface area contributed by atoms with E-state index < -0.39 is 5.97 Å². The highest BCUT2D eigenvalue weighted by atomic mass is 16.5. The van der Waals surface area contributed by atoms with Gasteiger partial charge in [0.15, 0.2) is 0 Å². The minimum absolute atomic E-state index is 0.0552. The maximum atomic E-state index is 12.6. The fraction of sp³-hybridized carbons (Fsp3) is 0.421. The second-order valence-electron chi connectivity index (χ2n) is 6.96. The van der Waals surface area contributed by atoms with Crippen molar-refractivity contribution in [1.29, 1.82) is 0 Å². The molecule has 1 fully saturated rings. The molecular weight excluding hydrogens is 350 g/mol. The van der Waals surface area contributed by atoms with Crippen molar-refractivity contribution < 1.29 is 24.2 Å². The van der Waals surface area contributed by atoms with Gasteiger partial charge in [-0.3, -0.25) is 9.59 Å². The van der Waals surface area contributed by atoms with Crippen LogP contribution in [0.15, 0.2) is 29.5 Å². The highest BCUT2D eigenvalue weighted by Gasteiger charge is 2.38. The van der Waals surface area contributed by atoms with Gasteiger partial charge in [0.25, 0.3) is 11.8 Å². The second kappa shape index (κ2) is 6.70. The zero-order valence-corrected chi connectivity index (χ0v) is 15.0. The van der Waals surface area contributed by atoms with Crippen molar-refractivity contribution >= 4 is 23.5 Å². The van der Waals surface area contributed by atoms with Gasteiger partial charge in [-0.1, -0.05) is 0 Å². The lowest BCUT2D eigenvalue weighted by Crippen LogP contribution is -2.31. The minimum Gasteiger partial charge on any atom is -0.466 e. The van der Waals surface area contributed by atoms with Gasteiger partial charge in [0.05, 0.1) is 25.8 Å². The number of nitrogens with zero attached hydrogens (tertiary/aromatic N) is 2. The Labute approximate surface area is 156 Å². The highest BCUT2D eigenvalue weighted by molar-refractivity contribution is 6.08. The molecule has 27 heavy (non-hydrogen) atoms. The van der Waals surface area contributed by atoms with Crippen LogP contribution in [0.4, 0.5) is 5.69 Å². The van der Waals surface area contributed by atoms with E-state index in [0.717, 1.165) is 18.4 Å². The Morgan fingerprint density at radius 1 is 1.26 bits per heavy atom. The van der Waals surface area contributed by atoms with E-state index in [0.29, 0.717) is 23.8 Å². The van der Waals surface area contributed by atoms with Gasteiger partial charge in [-0.25, -0.2) is 4.79 Å². The summed E-state index contributed by atoms with van der Waals surface area (Å²) in [7, 11) is 1.26. The molecule has 0 spiro atoms. The molecule has 0 saturated heterocycles. The average Bonchev–Trinajstić information content (AvgIpc) is 3.40. The number of carbonyl (C=O) groups is 3. The summed E-state index contributed by atoms with van der Waals surface area (Å²) in [5.41, 5.74) is 2.62. The standard InChI is InChI=1S/C19H21N3O5/c1-27-19(26)15-10-21(6-7-23)18(25)16(15)20-12-2-5-14-11(8-12)9-22(17(14)24)13-3-4-13/h2,5,8,13,20,23H,3-4,6-7,9-10H2,1H3. The number of fused-ring (bicyclic) bond motifs is 1. The summed E-state index contributed by atoms with van der Waals surface area (Å²) in [4.78, 5) is 40.3. The first-order valence-electron chi connectivity index (χ1n) is 8.96. The van der Waals surface area contributed by atoms with Gasteiger partial charge in [0.2, 0.25) is 0 Å². The lowest BCUT2D eigenvalue weighted by atomic mass is 10.1. The molecule has 0 atom stereocenters. The van der Waals surface area contributed by atoms with E-state index in [4.69, 9.17) is 9.84 Å². The Balaban J connectivity index is 1.59. The number of aliphatic hydroxyl groups excluding tert-OH is 1. The van der Waals surface area contributed by atoms with Gasteiger partial charge in [-0.15, -0.1) is 0 Å². The number of benzene rings is 1. The molecule has 0 radical (unpaired) electrons. The molecule has 8 nitrogen and oxygen atoms in total. The Hall–Kier alpha value is -2.87. The van der Waals surface area contributed by atoms with E-state index in [1.165, 1.54) is 12.0 Å². The Morgan fingerprint density at radius 3 is 2.70 bits per heavy atom. The SMILES string of the molecule is COC(=O)C1=C(Nc2ccc3c(c2)CN(C2CC2)C3=O)C(=O)N(CCO)C1. The van der Waals surface area contributed by atoms with E-state index in [1.54, 1.807) is 12.1 Å². The molecule has 2 N–H and O–H groups in total. The third-order valence-corrected chi connectivity index (χ3v) is 5.15. The first-order chi connectivity index (χ1) is 13.0. The molecule has 4 rings (SSSR count). The maximum absolute atomic E-state index is 12.6. The number of anilines is 1. The zero-order chi connectivity index (χ0) is 19.1. The summed E-state index contributed by atoms with van der Waals surface area (Å²) in [6.45, 7) is 0.611. The number of rotatable bonds is 6. The van der Waals surface area contributed by atoms with Gasteiger partial charge in [-0.05, 0) is 36.6 Å². The van der Waals surface area contributed by atoms with Crippen molar-refractivity contribution in [3.63, 3.8) is 0 Å². The third kappa shape index (κ3) is 3.06. The van der Waals surface area contributed by atoms with Crippen LogP contribution in [0.2, 0.25) is 0 Å². The molecular formula is C19H21N3O5. The van der Waals surface area contributed by atoms with Gasteiger partial charge in [0.1, 0.15) is 5.70 Å². The summed E-state index contributed by atoms with van der Waals surface area (Å²) in [5.74, 6) is -0.886. The summed E-state index contributed by atoms with van der Waals surface area (Å²) in [6, 6.07) is 5.68. The first kappa shape index (κ1) is 17.5. The van der Waals surface area contributed by atoms with E-state index in [-0.39, 0.29) is 42.8 Å². The minimum atomic E-state index is -0.581. The van der Waals surface area contributed by atoms with Crippen molar-refractivity contribution in [3.05, 3.63) is 40.6 Å². The summed E-state index contributed by atoms with van der Waals surface area (Å²) in [5, 5.41) is 12.1. The summed E-state index contributed by atoms with van der Waals surface area (Å²) >= 11 is 0. The number of hydrogen-bond acceptors (Lipinski definition) is 6. The van der Waals surface area contributed by atoms with E-state index in [9.17, 15) is 14.4 Å². The average molecular weight is 371 g/mol.